The van der Waals surface area contributed by atoms with Crippen molar-refractivity contribution in [2.75, 3.05) is 0 Å². The van der Waals surface area contributed by atoms with Gasteiger partial charge in [-0.1, -0.05) is 26.0 Å². The summed E-state index contributed by atoms with van der Waals surface area (Å²) in [6.07, 6.45) is -0.138. The van der Waals surface area contributed by atoms with E-state index in [2.05, 4.69) is 9.97 Å². The molecule has 0 bridgehead atoms. The van der Waals surface area contributed by atoms with Crippen molar-refractivity contribution in [3.8, 4) is 6.01 Å². The minimum absolute atomic E-state index is 0.0354. The molecule has 2 atom stereocenters. The van der Waals surface area contributed by atoms with Gasteiger partial charge in [0.2, 0.25) is 0 Å². The fourth-order valence-corrected chi connectivity index (χ4v) is 2.03. The van der Waals surface area contributed by atoms with Crippen LogP contribution in [0.5, 0.6) is 6.01 Å². The SMILES string of the molecule is CCC(C)Oc1ncc(C(C)c2ccc(C(F)(F)F)cc2)cn1. The van der Waals surface area contributed by atoms with Gasteiger partial charge in [0, 0.05) is 18.3 Å². The molecule has 0 saturated heterocycles. The molecule has 3 nitrogen and oxygen atoms in total. The third-order valence-corrected chi connectivity index (χ3v) is 3.77. The number of hydrogen-bond donors (Lipinski definition) is 0. The Morgan fingerprint density at radius 3 is 2.04 bits per heavy atom. The molecule has 6 heteroatoms. The third kappa shape index (κ3) is 4.43. The second kappa shape index (κ2) is 6.98. The Hall–Kier alpha value is -2.11. The van der Waals surface area contributed by atoms with Crippen molar-refractivity contribution >= 4 is 0 Å². The van der Waals surface area contributed by atoms with Crippen LogP contribution in [0.25, 0.3) is 0 Å². The average Bonchev–Trinajstić information content (AvgIpc) is 2.54. The van der Waals surface area contributed by atoms with Crippen LogP contribution < -0.4 is 4.74 Å². The van der Waals surface area contributed by atoms with E-state index in [9.17, 15) is 13.2 Å². The number of halogens is 3. The van der Waals surface area contributed by atoms with Crippen molar-refractivity contribution in [2.24, 2.45) is 0 Å². The van der Waals surface area contributed by atoms with E-state index in [-0.39, 0.29) is 12.0 Å². The third-order valence-electron chi connectivity index (χ3n) is 3.77. The number of aromatic nitrogens is 2. The summed E-state index contributed by atoms with van der Waals surface area (Å²) >= 11 is 0. The lowest BCUT2D eigenvalue weighted by Gasteiger charge is -2.14. The maximum absolute atomic E-state index is 12.6. The second-order valence-electron chi connectivity index (χ2n) is 5.48. The quantitative estimate of drug-likeness (QED) is 0.790. The Morgan fingerprint density at radius 2 is 1.57 bits per heavy atom. The molecular formula is C17H19F3N2O. The maximum Gasteiger partial charge on any atom is 0.416 e. The number of ether oxygens (including phenoxy) is 1. The van der Waals surface area contributed by atoms with Gasteiger partial charge in [-0.05, 0) is 36.6 Å². The van der Waals surface area contributed by atoms with Gasteiger partial charge in [0.05, 0.1) is 11.7 Å². The number of nitrogens with zero attached hydrogens (tertiary/aromatic N) is 2. The van der Waals surface area contributed by atoms with Crippen molar-refractivity contribution < 1.29 is 17.9 Å². The molecule has 0 spiro atoms. The van der Waals surface area contributed by atoms with E-state index in [1.165, 1.54) is 12.1 Å². The van der Waals surface area contributed by atoms with Crippen LogP contribution in [0.2, 0.25) is 0 Å². The van der Waals surface area contributed by atoms with E-state index in [4.69, 9.17) is 4.74 Å². The van der Waals surface area contributed by atoms with Gasteiger partial charge < -0.3 is 4.74 Å². The van der Waals surface area contributed by atoms with Crippen LogP contribution in [0.1, 0.15) is 49.8 Å². The largest absolute Gasteiger partial charge is 0.460 e. The van der Waals surface area contributed by atoms with E-state index in [1.807, 2.05) is 20.8 Å². The lowest BCUT2D eigenvalue weighted by Crippen LogP contribution is -2.12. The highest BCUT2D eigenvalue weighted by atomic mass is 19.4. The molecule has 1 heterocycles. The van der Waals surface area contributed by atoms with Crippen molar-refractivity contribution in [2.45, 2.75) is 45.4 Å². The van der Waals surface area contributed by atoms with Gasteiger partial charge in [0.25, 0.3) is 0 Å². The molecule has 1 aromatic heterocycles. The summed E-state index contributed by atoms with van der Waals surface area (Å²) in [5, 5.41) is 0. The molecule has 0 radical (unpaired) electrons. The monoisotopic (exact) mass is 324 g/mol. The summed E-state index contributed by atoms with van der Waals surface area (Å²) in [6, 6.07) is 5.46. The fourth-order valence-electron chi connectivity index (χ4n) is 2.03. The van der Waals surface area contributed by atoms with Crippen LogP contribution in [0.3, 0.4) is 0 Å². The first kappa shape index (κ1) is 17.2. The molecule has 0 N–H and O–H groups in total. The van der Waals surface area contributed by atoms with Gasteiger partial charge >= 0.3 is 12.2 Å². The van der Waals surface area contributed by atoms with E-state index in [0.29, 0.717) is 6.01 Å². The van der Waals surface area contributed by atoms with Crippen LogP contribution in [-0.4, -0.2) is 16.1 Å². The van der Waals surface area contributed by atoms with Crippen LogP contribution in [-0.2, 0) is 6.18 Å². The second-order valence-corrected chi connectivity index (χ2v) is 5.48. The van der Waals surface area contributed by atoms with Crippen LogP contribution >= 0.6 is 0 Å². The Balaban J connectivity index is 2.12. The smallest absolute Gasteiger partial charge is 0.416 e. The van der Waals surface area contributed by atoms with Gasteiger partial charge in [-0.3, -0.25) is 0 Å². The van der Waals surface area contributed by atoms with Crippen LogP contribution in [0.4, 0.5) is 13.2 Å². The van der Waals surface area contributed by atoms with E-state index >= 15 is 0 Å². The Labute approximate surface area is 133 Å². The van der Waals surface area contributed by atoms with Gasteiger partial charge in [-0.2, -0.15) is 13.2 Å². The zero-order valence-electron chi connectivity index (χ0n) is 13.3. The molecule has 2 rings (SSSR count). The van der Waals surface area contributed by atoms with E-state index < -0.39 is 11.7 Å². The number of hydrogen-bond acceptors (Lipinski definition) is 3. The first-order valence-corrected chi connectivity index (χ1v) is 7.47. The van der Waals surface area contributed by atoms with Crippen LogP contribution in [0, 0.1) is 0 Å². The standard InChI is InChI=1S/C17H19F3N2O/c1-4-11(2)23-16-21-9-14(10-22-16)12(3)13-5-7-15(8-6-13)17(18,19)20/h5-12H,4H2,1-3H3. The van der Waals surface area contributed by atoms with Gasteiger partial charge in [0.15, 0.2) is 0 Å². The molecule has 2 aromatic rings. The predicted octanol–water partition coefficient (Wildman–Crippen LogP) is 4.82. The summed E-state index contributed by atoms with van der Waals surface area (Å²) in [5.41, 5.74) is 0.945. The zero-order chi connectivity index (χ0) is 17.0. The normalized spacial score (nSPS) is 14.3. The number of benzene rings is 1. The molecule has 0 amide bonds. The Morgan fingerprint density at radius 1 is 1.00 bits per heavy atom. The topological polar surface area (TPSA) is 35.0 Å². The molecule has 124 valence electrons. The van der Waals surface area contributed by atoms with Gasteiger partial charge in [-0.15, -0.1) is 0 Å². The Kier molecular flexibility index (Phi) is 5.23. The summed E-state index contributed by atoms with van der Waals surface area (Å²) in [4.78, 5) is 8.31. The molecule has 0 saturated carbocycles. The number of rotatable bonds is 5. The van der Waals surface area contributed by atoms with Crippen molar-refractivity contribution in [1.29, 1.82) is 0 Å². The first-order chi connectivity index (χ1) is 10.8. The van der Waals surface area contributed by atoms with E-state index in [0.717, 1.165) is 29.7 Å². The highest BCUT2D eigenvalue weighted by Crippen LogP contribution is 2.31. The molecule has 1 aromatic carbocycles. The minimum Gasteiger partial charge on any atom is -0.460 e. The Bertz CT molecular complexity index is 624. The summed E-state index contributed by atoms with van der Waals surface area (Å²) in [6.45, 7) is 5.84. The number of alkyl halides is 3. The zero-order valence-corrected chi connectivity index (χ0v) is 13.3. The highest BCUT2D eigenvalue weighted by Gasteiger charge is 2.30. The summed E-state index contributed by atoms with van der Waals surface area (Å²) in [5.74, 6) is -0.102. The lowest BCUT2D eigenvalue weighted by atomic mass is 9.94. The lowest BCUT2D eigenvalue weighted by molar-refractivity contribution is -0.137. The molecule has 0 aliphatic carbocycles. The predicted molar refractivity (Wildman–Crippen MR) is 81.4 cm³/mol. The average molecular weight is 324 g/mol. The van der Waals surface area contributed by atoms with Crippen molar-refractivity contribution in [3.63, 3.8) is 0 Å². The molecule has 0 fully saturated rings. The van der Waals surface area contributed by atoms with Crippen molar-refractivity contribution in [3.05, 3.63) is 53.3 Å². The molecule has 23 heavy (non-hydrogen) atoms. The van der Waals surface area contributed by atoms with Gasteiger partial charge in [0.1, 0.15) is 0 Å². The van der Waals surface area contributed by atoms with Crippen LogP contribution in [0.15, 0.2) is 36.7 Å². The van der Waals surface area contributed by atoms with Crippen molar-refractivity contribution in [1.82, 2.24) is 9.97 Å². The van der Waals surface area contributed by atoms with E-state index in [1.54, 1.807) is 12.4 Å². The first-order valence-electron chi connectivity index (χ1n) is 7.47. The summed E-state index contributed by atoms with van der Waals surface area (Å²) in [7, 11) is 0. The maximum atomic E-state index is 12.6. The highest BCUT2D eigenvalue weighted by molar-refractivity contribution is 5.32. The van der Waals surface area contributed by atoms with Gasteiger partial charge in [-0.25, -0.2) is 9.97 Å². The minimum atomic E-state index is -4.32. The molecule has 2 unspecified atom stereocenters. The molecule has 0 aliphatic rings. The fraction of sp³-hybridized carbons (Fsp3) is 0.412. The summed E-state index contributed by atoms with van der Waals surface area (Å²) < 4.78 is 43.3. The molecular weight excluding hydrogens is 305 g/mol. The molecule has 0 aliphatic heterocycles.